The minimum Gasteiger partial charge on any atom is -0.495 e. The summed E-state index contributed by atoms with van der Waals surface area (Å²) in [5, 5.41) is 5.52. The van der Waals surface area contributed by atoms with Crippen molar-refractivity contribution in [3.8, 4) is 5.75 Å². The molecule has 0 radical (unpaired) electrons. The van der Waals surface area contributed by atoms with E-state index in [1.165, 1.54) is 20.2 Å². The fraction of sp³-hybridized carbons (Fsp3) is 0.320. The monoisotopic (exact) mass is 440 g/mol. The molecule has 2 N–H and O–H groups in total. The predicted molar refractivity (Wildman–Crippen MR) is 127 cm³/mol. The van der Waals surface area contributed by atoms with Crippen molar-refractivity contribution in [2.45, 2.75) is 33.6 Å². The smallest absolute Gasteiger partial charge is 0.349 e. The van der Waals surface area contributed by atoms with Crippen LogP contribution < -0.4 is 15.4 Å². The number of esters is 2. The summed E-state index contributed by atoms with van der Waals surface area (Å²) in [5.74, 6) is -1.34. The van der Waals surface area contributed by atoms with Crippen LogP contribution >= 0.6 is 0 Å². The van der Waals surface area contributed by atoms with Crippen LogP contribution in [0.5, 0.6) is 5.75 Å². The number of para-hydroxylation sites is 1. The van der Waals surface area contributed by atoms with E-state index in [4.69, 9.17) is 9.47 Å². The first-order chi connectivity index (χ1) is 15.3. The van der Waals surface area contributed by atoms with E-state index in [-0.39, 0.29) is 17.9 Å². The van der Waals surface area contributed by atoms with Crippen LogP contribution in [-0.2, 0) is 20.7 Å². The number of hydrogen-bond donors (Lipinski definition) is 2. The first-order valence-corrected chi connectivity index (χ1v) is 10.4. The third-order valence-corrected chi connectivity index (χ3v) is 4.60. The number of benzene rings is 2. The number of hydrogen-bond acceptors (Lipinski definition) is 6. The zero-order chi connectivity index (χ0) is 24.1. The molecule has 0 aliphatic heterocycles. The lowest BCUT2D eigenvalue weighted by atomic mass is 9.95. The van der Waals surface area contributed by atoms with Crippen molar-refractivity contribution in [3.63, 3.8) is 0 Å². The quantitative estimate of drug-likeness (QED) is 0.382. The van der Waals surface area contributed by atoms with Crippen LogP contribution in [0.2, 0.25) is 0 Å². The Morgan fingerprint density at radius 3 is 2.19 bits per heavy atom. The zero-order valence-electron chi connectivity index (χ0n) is 19.6. The van der Waals surface area contributed by atoms with Gasteiger partial charge < -0.3 is 20.1 Å². The molecule has 2 aromatic rings. The summed E-state index contributed by atoms with van der Waals surface area (Å²) in [7, 11) is 4.87. The summed E-state index contributed by atoms with van der Waals surface area (Å²) in [4.78, 5) is 35.2. The van der Waals surface area contributed by atoms with E-state index >= 15 is 0 Å². The van der Waals surface area contributed by atoms with Gasteiger partial charge in [-0.05, 0) is 42.7 Å². The summed E-state index contributed by atoms with van der Waals surface area (Å²) in [6, 6.07) is 11.9. The molecule has 0 unspecified atom stereocenters. The zero-order valence-corrected chi connectivity index (χ0v) is 19.6. The van der Waals surface area contributed by atoms with Crippen molar-refractivity contribution in [1.82, 2.24) is 5.32 Å². The van der Waals surface area contributed by atoms with Gasteiger partial charge in [-0.2, -0.15) is 0 Å². The summed E-state index contributed by atoms with van der Waals surface area (Å²) >= 11 is 0. The van der Waals surface area contributed by atoms with E-state index in [1.807, 2.05) is 50.4 Å². The van der Waals surface area contributed by atoms with Gasteiger partial charge in [-0.1, -0.05) is 38.1 Å². The third-order valence-electron chi connectivity index (χ3n) is 4.60. The lowest BCUT2D eigenvalue weighted by molar-refractivity contribution is -0.137. The van der Waals surface area contributed by atoms with Crippen LogP contribution in [0, 0.1) is 6.92 Å². The molecule has 0 saturated carbocycles. The molecule has 2 rings (SSSR count). The Morgan fingerprint density at radius 1 is 1.06 bits per heavy atom. The summed E-state index contributed by atoms with van der Waals surface area (Å²) < 4.78 is 10.2. The Kier molecular flexibility index (Phi) is 11.3. The van der Waals surface area contributed by atoms with Crippen molar-refractivity contribution in [2.24, 2.45) is 0 Å². The second-order valence-corrected chi connectivity index (χ2v) is 6.71. The minimum atomic E-state index is -0.756. The highest BCUT2D eigenvalue weighted by Gasteiger charge is 2.23. The molecule has 7 nitrogen and oxygen atoms in total. The topological polar surface area (TPSA) is 93.7 Å². The number of anilines is 1. The van der Waals surface area contributed by atoms with Gasteiger partial charge in [0.1, 0.15) is 11.3 Å². The fourth-order valence-electron chi connectivity index (χ4n) is 2.89. The lowest BCUT2D eigenvalue weighted by Gasteiger charge is -2.16. The van der Waals surface area contributed by atoms with Crippen LogP contribution in [0.4, 0.5) is 5.69 Å². The molecule has 1 amide bonds. The Bertz CT molecular complexity index is 953. The van der Waals surface area contributed by atoms with Crippen LogP contribution in [-0.4, -0.2) is 39.1 Å². The first-order valence-electron chi connectivity index (χ1n) is 10.4. The number of methoxy groups -OCH3 is 1. The number of aryl methyl sites for hydroxylation is 2. The highest BCUT2D eigenvalue weighted by Crippen LogP contribution is 2.32. The van der Waals surface area contributed by atoms with Gasteiger partial charge in [0, 0.05) is 37.8 Å². The van der Waals surface area contributed by atoms with Gasteiger partial charge >= 0.3 is 11.9 Å². The molecule has 0 spiro atoms. The van der Waals surface area contributed by atoms with Crippen LogP contribution in [0.25, 0.3) is 6.08 Å². The first kappa shape index (κ1) is 26.4. The minimum absolute atomic E-state index is 0.101. The molecule has 0 fully saturated rings. The molecule has 32 heavy (non-hydrogen) atoms. The fourth-order valence-corrected chi connectivity index (χ4v) is 2.89. The van der Waals surface area contributed by atoms with Gasteiger partial charge in [0.05, 0.1) is 7.11 Å². The van der Waals surface area contributed by atoms with Gasteiger partial charge in [0.2, 0.25) is 5.91 Å². The summed E-state index contributed by atoms with van der Waals surface area (Å²) in [6.45, 7) is 5.32. The van der Waals surface area contributed by atoms with Crippen LogP contribution in [0.3, 0.4) is 0 Å². The Labute approximate surface area is 189 Å². The number of likely N-dealkylation sites (N-methyl/N-ethyl adjacent to an activating group) is 1. The molecular weight excluding hydrogens is 408 g/mol. The Balaban J connectivity index is 0.000000533. The predicted octanol–water partition coefficient (Wildman–Crippen LogP) is 4.15. The lowest BCUT2D eigenvalue weighted by Crippen LogP contribution is -2.16. The normalized spacial score (nSPS) is 10.1. The second-order valence-electron chi connectivity index (χ2n) is 6.71. The molecule has 0 aliphatic rings. The van der Waals surface area contributed by atoms with Crippen molar-refractivity contribution in [1.29, 1.82) is 0 Å². The standard InChI is InChI=1S/C18H23NO5.C7H9N/c1-6-12-10-11(3)16(18(22)24-15(21)7-2)17(23-5)13(12)8-9-14(20)19-4;1-8-7-5-3-2-4-6-7/h8-10H,6-7H2,1-5H3,(H,19,20);2-6,8H,1H3/b9-8+;. The molecule has 0 atom stereocenters. The van der Waals surface area contributed by atoms with Gasteiger partial charge in [-0.15, -0.1) is 0 Å². The molecule has 172 valence electrons. The number of ether oxygens (including phenoxy) is 2. The number of carbonyl (C=O) groups excluding carboxylic acids is 3. The maximum absolute atomic E-state index is 12.3. The average Bonchev–Trinajstić information content (AvgIpc) is 2.82. The van der Waals surface area contributed by atoms with E-state index in [0.29, 0.717) is 23.3 Å². The van der Waals surface area contributed by atoms with Gasteiger partial charge in [-0.25, -0.2) is 4.79 Å². The van der Waals surface area contributed by atoms with E-state index in [2.05, 4.69) is 10.6 Å². The number of carbonyl (C=O) groups is 3. The molecule has 0 saturated heterocycles. The molecule has 0 aliphatic carbocycles. The van der Waals surface area contributed by atoms with E-state index in [1.54, 1.807) is 19.9 Å². The van der Waals surface area contributed by atoms with E-state index in [0.717, 1.165) is 11.3 Å². The van der Waals surface area contributed by atoms with Crippen LogP contribution in [0.15, 0.2) is 42.5 Å². The largest absolute Gasteiger partial charge is 0.495 e. The highest BCUT2D eigenvalue weighted by atomic mass is 16.6. The van der Waals surface area contributed by atoms with E-state index in [9.17, 15) is 14.4 Å². The maximum atomic E-state index is 12.3. The SMILES string of the molecule is CCC(=O)OC(=O)c1c(C)cc(CC)c(/C=C/C(=O)NC)c1OC.CNc1ccccc1. The Hall–Kier alpha value is -3.61. The van der Waals surface area contributed by atoms with Crippen molar-refractivity contribution < 1.29 is 23.9 Å². The molecule has 7 heteroatoms. The number of nitrogens with one attached hydrogen (secondary N) is 2. The number of rotatable bonds is 7. The summed E-state index contributed by atoms with van der Waals surface area (Å²) in [6.07, 6.45) is 3.74. The van der Waals surface area contributed by atoms with Crippen molar-refractivity contribution >= 4 is 29.6 Å². The summed E-state index contributed by atoms with van der Waals surface area (Å²) in [5.41, 5.74) is 3.53. The second kappa shape index (κ2) is 13.6. The highest BCUT2D eigenvalue weighted by molar-refractivity contribution is 6.02. The molecule has 2 aromatic carbocycles. The van der Waals surface area contributed by atoms with Gasteiger partial charge in [0.15, 0.2) is 0 Å². The number of amides is 1. The Morgan fingerprint density at radius 2 is 1.72 bits per heavy atom. The molecule has 0 bridgehead atoms. The van der Waals surface area contributed by atoms with Crippen molar-refractivity contribution in [2.75, 3.05) is 26.5 Å². The van der Waals surface area contributed by atoms with Crippen molar-refractivity contribution in [3.05, 3.63) is 64.7 Å². The third kappa shape index (κ3) is 7.58. The molecular formula is C25H32N2O5. The maximum Gasteiger partial charge on any atom is 0.349 e. The average molecular weight is 441 g/mol. The molecule has 0 heterocycles. The van der Waals surface area contributed by atoms with Gasteiger partial charge in [0.25, 0.3) is 0 Å². The van der Waals surface area contributed by atoms with Crippen LogP contribution in [0.1, 0.15) is 47.3 Å². The van der Waals surface area contributed by atoms with Gasteiger partial charge in [-0.3, -0.25) is 9.59 Å². The van der Waals surface area contributed by atoms with E-state index < -0.39 is 11.9 Å². The molecule has 0 aromatic heterocycles.